The predicted octanol–water partition coefficient (Wildman–Crippen LogP) is 2.37. The first-order chi connectivity index (χ1) is 8.63. The van der Waals surface area contributed by atoms with Crippen molar-refractivity contribution in [2.75, 3.05) is 13.6 Å². The van der Waals surface area contributed by atoms with Crippen molar-refractivity contribution in [3.05, 3.63) is 47.0 Å². The van der Waals surface area contributed by atoms with Crippen molar-refractivity contribution < 1.29 is 0 Å². The van der Waals surface area contributed by atoms with E-state index >= 15 is 0 Å². The molecule has 2 heterocycles. The summed E-state index contributed by atoms with van der Waals surface area (Å²) in [6, 6.07) is 4.16. The standard InChI is InChI=1S/C13H17ClN4/c1-11-7-12(3-4-15-11)9-17(2)5-6-18-10-13(14)8-16-18/h3-4,7-8,10H,5-6,9H2,1-2H3. The lowest BCUT2D eigenvalue weighted by Gasteiger charge is -2.16. The Bertz CT molecular complexity index is 509. The zero-order valence-corrected chi connectivity index (χ0v) is 11.4. The van der Waals surface area contributed by atoms with E-state index in [0.717, 1.165) is 25.3 Å². The Kier molecular flexibility index (Phi) is 4.33. The molecule has 2 rings (SSSR count). The van der Waals surface area contributed by atoms with Gasteiger partial charge in [0.25, 0.3) is 0 Å². The van der Waals surface area contributed by atoms with Gasteiger partial charge in [-0.3, -0.25) is 9.67 Å². The highest BCUT2D eigenvalue weighted by Crippen LogP contribution is 2.06. The summed E-state index contributed by atoms with van der Waals surface area (Å²) in [6.45, 7) is 4.69. The summed E-state index contributed by atoms with van der Waals surface area (Å²) in [5.74, 6) is 0. The van der Waals surface area contributed by atoms with E-state index in [1.807, 2.05) is 30.1 Å². The van der Waals surface area contributed by atoms with Crippen LogP contribution in [0.3, 0.4) is 0 Å². The molecule has 2 aromatic rings. The van der Waals surface area contributed by atoms with E-state index in [4.69, 9.17) is 11.6 Å². The van der Waals surface area contributed by atoms with Gasteiger partial charge in [0.05, 0.1) is 17.8 Å². The topological polar surface area (TPSA) is 34.0 Å². The van der Waals surface area contributed by atoms with Crippen molar-refractivity contribution in [3.8, 4) is 0 Å². The van der Waals surface area contributed by atoms with Gasteiger partial charge < -0.3 is 4.90 Å². The Morgan fingerprint density at radius 2 is 2.28 bits per heavy atom. The Hall–Kier alpha value is -1.39. The summed E-state index contributed by atoms with van der Waals surface area (Å²) in [5.41, 5.74) is 2.34. The van der Waals surface area contributed by atoms with E-state index in [2.05, 4.69) is 28.1 Å². The van der Waals surface area contributed by atoms with Gasteiger partial charge in [-0.05, 0) is 31.7 Å². The average molecular weight is 265 g/mol. The van der Waals surface area contributed by atoms with Crippen LogP contribution < -0.4 is 0 Å². The number of rotatable bonds is 5. The van der Waals surface area contributed by atoms with Crippen molar-refractivity contribution in [1.29, 1.82) is 0 Å². The van der Waals surface area contributed by atoms with E-state index < -0.39 is 0 Å². The summed E-state index contributed by atoms with van der Waals surface area (Å²) in [5, 5.41) is 4.84. The molecule has 0 radical (unpaired) electrons. The van der Waals surface area contributed by atoms with Gasteiger partial charge in [0, 0.05) is 31.2 Å². The molecule has 18 heavy (non-hydrogen) atoms. The number of nitrogens with zero attached hydrogens (tertiary/aromatic N) is 4. The van der Waals surface area contributed by atoms with Crippen LogP contribution in [-0.4, -0.2) is 33.3 Å². The fraction of sp³-hybridized carbons (Fsp3) is 0.385. The number of hydrogen-bond donors (Lipinski definition) is 0. The van der Waals surface area contributed by atoms with Crippen molar-refractivity contribution in [2.45, 2.75) is 20.0 Å². The molecule has 0 N–H and O–H groups in total. The van der Waals surface area contributed by atoms with E-state index in [1.165, 1.54) is 5.56 Å². The fourth-order valence-corrected chi connectivity index (χ4v) is 1.98. The highest BCUT2D eigenvalue weighted by molar-refractivity contribution is 6.30. The van der Waals surface area contributed by atoms with Crippen LogP contribution in [0.25, 0.3) is 0 Å². The Morgan fingerprint density at radius 3 is 2.94 bits per heavy atom. The quantitative estimate of drug-likeness (QED) is 0.832. The van der Waals surface area contributed by atoms with Crippen molar-refractivity contribution in [3.63, 3.8) is 0 Å². The van der Waals surface area contributed by atoms with Crippen LogP contribution in [0, 0.1) is 6.92 Å². The smallest absolute Gasteiger partial charge is 0.0785 e. The average Bonchev–Trinajstić information content (AvgIpc) is 2.73. The minimum Gasteiger partial charge on any atom is -0.300 e. The summed E-state index contributed by atoms with van der Waals surface area (Å²) in [7, 11) is 2.10. The first-order valence-electron chi connectivity index (χ1n) is 5.91. The summed E-state index contributed by atoms with van der Waals surface area (Å²) >= 11 is 5.82. The summed E-state index contributed by atoms with van der Waals surface area (Å²) < 4.78 is 1.86. The minimum absolute atomic E-state index is 0.683. The molecule has 4 nitrogen and oxygen atoms in total. The van der Waals surface area contributed by atoms with Crippen LogP contribution in [0.5, 0.6) is 0 Å². The van der Waals surface area contributed by atoms with Crippen molar-refractivity contribution in [1.82, 2.24) is 19.7 Å². The van der Waals surface area contributed by atoms with Crippen LogP contribution in [0.1, 0.15) is 11.3 Å². The van der Waals surface area contributed by atoms with Crippen molar-refractivity contribution >= 4 is 11.6 Å². The molecule has 0 aromatic carbocycles. The predicted molar refractivity (Wildman–Crippen MR) is 72.5 cm³/mol. The monoisotopic (exact) mass is 264 g/mol. The van der Waals surface area contributed by atoms with Crippen LogP contribution in [0.15, 0.2) is 30.7 Å². The number of aromatic nitrogens is 3. The van der Waals surface area contributed by atoms with Gasteiger partial charge in [0.2, 0.25) is 0 Å². The van der Waals surface area contributed by atoms with E-state index in [1.54, 1.807) is 6.20 Å². The molecule has 0 saturated heterocycles. The van der Waals surface area contributed by atoms with Crippen LogP contribution in [0.2, 0.25) is 5.02 Å². The molecule has 0 fully saturated rings. The normalized spacial score (nSPS) is 11.1. The first kappa shape index (κ1) is 13.1. The van der Waals surface area contributed by atoms with E-state index in [-0.39, 0.29) is 0 Å². The highest BCUT2D eigenvalue weighted by Gasteiger charge is 2.02. The molecule has 0 aliphatic rings. The molecular formula is C13H17ClN4. The number of hydrogen-bond acceptors (Lipinski definition) is 3. The molecule has 96 valence electrons. The number of likely N-dealkylation sites (N-methyl/N-ethyl adjacent to an activating group) is 1. The molecule has 0 amide bonds. The lowest BCUT2D eigenvalue weighted by molar-refractivity contribution is 0.305. The summed E-state index contributed by atoms with van der Waals surface area (Å²) in [4.78, 5) is 6.45. The molecule has 0 saturated carbocycles. The van der Waals surface area contributed by atoms with Gasteiger partial charge in [-0.25, -0.2) is 0 Å². The van der Waals surface area contributed by atoms with Gasteiger partial charge in [0.1, 0.15) is 0 Å². The van der Waals surface area contributed by atoms with E-state index in [9.17, 15) is 0 Å². The third-order valence-electron chi connectivity index (χ3n) is 2.73. The molecule has 0 aliphatic carbocycles. The Morgan fingerprint density at radius 1 is 1.44 bits per heavy atom. The molecule has 5 heteroatoms. The van der Waals surface area contributed by atoms with Crippen LogP contribution in [-0.2, 0) is 13.1 Å². The maximum atomic E-state index is 5.82. The second-order valence-electron chi connectivity index (χ2n) is 4.46. The molecule has 2 aromatic heterocycles. The van der Waals surface area contributed by atoms with Crippen LogP contribution >= 0.6 is 11.6 Å². The number of halogens is 1. The third-order valence-corrected chi connectivity index (χ3v) is 2.92. The zero-order valence-electron chi connectivity index (χ0n) is 10.7. The Labute approximate surface area is 112 Å². The molecule has 0 unspecified atom stereocenters. The molecule has 0 spiro atoms. The maximum absolute atomic E-state index is 5.82. The van der Waals surface area contributed by atoms with Gasteiger partial charge in [-0.2, -0.15) is 5.10 Å². The third kappa shape index (κ3) is 3.82. The van der Waals surface area contributed by atoms with Gasteiger partial charge in [-0.15, -0.1) is 0 Å². The number of pyridine rings is 1. The van der Waals surface area contributed by atoms with Gasteiger partial charge in [0.15, 0.2) is 0 Å². The lowest BCUT2D eigenvalue weighted by Crippen LogP contribution is -2.23. The molecule has 0 bridgehead atoms. The second-order valence-corrected chi connectivity index (χ2v) is 4.90. The molecule has 0 atom stereocenters. The summed E-state index contributed by atoms with van der Waals surface area (Å²) in [6.07, 6.45) is 5.35. The van der Waals surface area contributed by atoms with E-state index in [0.29, 0.717) is 5.02 Å². The Balaban J connectivity index is 1.83. The van der Waals surface area contributed by atoms with Crippen LogP contribution in [0.4, 0.5) is 0 Å². The van der Waals surface area contributed by atoms with Gasteiger partial charge in [-0.1, -0.05) is 11.6 Å². The largest absolute Gasteiger partial charge is 0.300 e. The minimum atomic E-state index is 0.683. The highest BCUT2D eigenvalue weighted by atomic mass is 35.5. The fourth-order valence-electron chi connectivity index (χ4n) is 1.83. The zero-order chi connectivity index (χ0) is 13.0. The van der Waals surface area contributed by atoms with Crippen molar-refractivity contribution in [2.24, 2.45) is 0 Å². The number of aryl methyl sites for hydroxylation is 1. The lowest BCUT2D eigenvalue weighted by atomic mass is 10.2. The first-order valence-corrected chi connectivity index (χ1v) is 6.29. The second kappa shape index (κ2) is 5.98. The molecule has 0 aliphatic heterocycles. The van der Waals surface area contributed by atoms with Gasteiger partial charge >= 0.3 is 0 Å². The maximum Gasteiger partial charge on any atom is 0.0785 e. The SMILES string of the molecule is Cc1cc(CN(C)CCn2cc(Cl)cn2)ccn1. The molecular weight excluding hydrogens is 248 g/mol.